The largest absolute Gasteiger partial charge is 0.479 e. The average Bonchev–Trinajstić information content (AvgIpc) is 3.22. The number of aliphatic hydroxyl groups is 4. The third-order valence-electron chi connectivity index (χ3n) is 10.2. The van der Waals surface area contributed by atoms with Crippen molar-refractivity contribution in [2.24, 2.45) is 0 Å². The summed E-state index contributed by atoms with van der Waals surface area (Å²) < 4.78 is 32.9. The minimum atomic E-state index is -4.98. The fraction of sp³-hybridized carbons (Fsp3) is 0.844. The fourth-order valence-corrected chi connectivity index (χ4v) is 7.11. The van der Waals surface area contributed by atoms with Gasteiger partial charge in [0.2, 0.25) is 0 Å². The number of aliphatic carboxylic acids is 1. The molecule has 6 N–H and O–H groups in total. The molecule has 60 heavy (non-hydrogen) atoms. The predicted octanol–water partition coefficient (Wildman–Crippen LogP) is 9.18. The van der Waals surface area contributed by atoms with Gasteiger partial charge < -0.3 is 39.9 Å². The third kappa shape index (κ3) is 35.4. The molecule has 0 saturated heterocycles. The average molecular weight is 879 g/mol. The summed E-state index contributed by atoms with van der Waals surface area (Å²) in [5.74, 6) is -2.99. The molecule has 0 amide bonds. The van der Waals surface area contributed by atoms with Gasteiger partial charge in [0.1, 0.15) is 24.9 Å². The number of unbranched alkanes of at least 4 members (excludes halogenated alkanes) is 22. The molecule has 6 atom stereocenters. The smallest absolute Gasteiger partial charge is 0.472 e. The van der Waals surface area contributed by atoms with Crippen LogP contribution in [0.2, 0.25) is 0 Å². The van der Waals surface area contributed by atoms with Crippen molar-refractivity contribution in [2.75, 3.05) is 19.8 Å². The molecular weight excluding hydrogens is 795 g/mol. The molecule has 0 aliphatic carbocycles. The van der Waals surface area contributed by atoms with E-state index in [4.69, 9.17) is 19.1 Å². The zero-order chi connectivity index (χ0) is 44.7. The summed E-state index contributed by atoms with van der Waals surface area (Å²) in [6.45, 7) is 2.20. The Hall–Kier alpha value is -2.16. The van der Waals surface area contributed by atoms with Gasteiger partial charge in [-0.15, -0.1) is 0 Å². The maximum absolute atomic E-state index is 12.7. The standard InChI is InChI=1S/C45H83O14P/c1-3-5-7-9-11-13-15-17-19-21-23-25-27-29-31-33-40(47)56-35-38(36-57-60(54,55)58-37-39(46)42(49)43(50)44(51)45(52)53)59-41(48)34-32-30-28-26-24-22-20-18-16-14-12-10-8-6-4-2/h17-20,38-39,42-44,46,49-51H,3-16,21-37H2,1-2H3,(H,52,53)(H,54,55)/b19-17-,20-18-. The van der Waals surface area contributed by atoms with E-state index in [1.165, 1.54) is 77.0 Å². The number of phosphoric ester groups is 1. The highest BCUT2D eigenvalue weighted by Gasteiger charge is 2.36. The monoisotopic (exact) mass is 879 g/mol. The number of carboxylic acids is 1. The zero-order valence-electron chi connectivity index (χ0n) is 37.0. The normalized spacial score (nSPS) is 15.4. The van der Waals surface area contributed by atoms with Crippen molar-refractivity contribution in [3.63, 3.8) is 0 Å². The SMILES string of the molecule is CCCCCCCC/C=C\CCCCCCCC(=O)OCC(COP(=O)(O)OCC(O)C(O)C(O)C(O)C(=O)O)OC(=O)CCCCCCC/C=C\CCCCCCCC. The first kappa shape index (κ1) is 57.8. The lowest BCUT2D eigenvalue weighted by Crippen LogP contribution is -2.48. The number of esters is 2. The molecule has 0 aromatic rings. The number of hydrogen-bond donors (Lipinski definition) is 6. The third-order valence-corrected chi connectivity index (χ3v) is 11.1. The van der Waals surface area contributed by atoms with E-state index in [-0.39, 0.29) is 12.8 Å². The molecule has 0 aliphatic rings. The zero-order valence-corrected chi connectivity index (χ0v) is 37.9. The second-order valence-corrected chi connectivity index (χ2v) is 17.3. The number of carbonyl (C=O) groups is 3. The van der Waals surface area contributed by atoms with Crippen molar-refractivity contribution in [3.05, 3.63) is 24.3 Å². The van der Waals surface area contributed by atoms with Crippen LogP contribution in [0, 0.1) is 0 Å². The van der Waals surface area contributed by atoms with E-state index in [9.17, 15) is 44.3 Å². The number of aliphatic hydroxyl groups excluding tert-OH is 4. The number of allylic oxidation sites excluding steroid dienone is 4. The summed E-state index contributed by atoms with van der Waals surface area (Å²) in [4.78, 5) is 46.2. The molecule has 6 unspecified atom stereocenters. The maximum Gasteiger partial charge on any atom is 0.472 e. The molecule has 0 bridgehead atoms. The minimum absolute atomic E-state index is 0.0827. The van der Waals surface area contributed by atoms with Gasteiger partial charge in [0, 0.05) is 12.8 Å². The van der Waals surface area contributed by atoms with E-state index < -0.39 is 76.1 Å². The van der Waals surface area contributed by atoms with Gasteiger partial charge in [-0.05, 0) is 64.2 Å². The summed E-state index contributed by atoms with van der Waals surface area (Å²) in [6, 6.07) is 0. The molecular formula is C45H83O14P. The Labute approximate surface area is 361 Å². The van der Waals surface area contributed by atoms with Crippen LogP contribution in [0.4, 0.5) is 0 Å². The van der Waals surface area contributed by atoms with Gasteiger partial charge in [0.05, 0.1) is 13.2 Å². The maximum atomic E-state index is 12.7. The van der Waals surface area contributed by atoms with Crippen LogP contribution in [0.15, 0.2) is 24.3 Å². The van der Waals surface area contributed by atoms with E-state index in [2.05, 4.69) is 42.7 Å². The highest BCUT2D eigenvalue weighted by Crippen LogP contribution is 2.43. The van der Waals surface area contributed by atoms with Gasteiger partial charge >= 0.3 is 25.7 Å². The van der Waals surface area contributed by atoms with Crippen molar-refractivity contribution >= 4 is 25.7 Å². The van der Waals surface area contributed by atoms with Crippen LogP contribution >= 0.6 is 7.82 Å². The van der Waals surface area contributed by atoms with E-state index in [1.807, 2.05) is 0 Å². The minimum Gasteiger partial charge on any atom is -0.479 e. The molecule has 0 spiro atoms. The van der Waals surface area contributed by atoms with Crippen LogP contribution in [0.1, 0.15) is 194 Å². The number of hydrogen-bond acceptors (Lipinski definition) is 12. The fourth-order valence-electron chi connectivity index (χ4n) is 6.34. The van der Waals surface area contributed by atoms with Gasteiger partial charge in [-0.25, -0.2) is 9.36 Å². The molecule has 14 nitrogen and oxygen atoms in total. The molecule has 0 heterocycles. The molecule has 0 radical (unpaired) electrons. The topological polar surface area (TPSA) is 227 Å². The lowest BCUT2D eigenvalue weighted by molar-refractivity contribution is -0.164. The van der Waals surface area contributed by atoms with E-state index in [0.29, 0.717) is 12.8 Å². The molecule has 0 rings (SSSR count). The second kappa shape index (κ2) is 39.7. The Morgan fingerprint density at radius 3 is 1.33 bits per heavy atom. The van der Waals surface area contributed by atoms with Crippen molar-refractivity contribution in [2.45, 2.75) is 224 Å². The molecule has 0 aromatic heterocycles. The van der Waals surface area contributed by atoms with Crippen molar-refractivity contribution in [1.29, 1.82) is 0 Å². The van der Waals surface area contributed by atoms with Crippen LogP contribution in [0.3, 0.4) is 0 Å². The number of ether oxygens (including phenoxy) is 2. The first-order chi connectivity index (χ1) is 28.8. The molecule has 0 saturated carbocycles. The van der Waals surface area contributed by atoms with Crippen molar-refractivity contribution in [1.82, 2.24) is 0 Å². The molecule has 352 valence electrons. The number of carbonyl (C=O) groups excluding carboxylic acids is 2. The highest BCUT2D eigenvalue weighted by atomic mass is 31.2. The number of rotatable bonds is 43. The van der Waals surface area contributed by atoms with Gasteiger partial charge in [-0.1, -0.05) is 141 Å². The van der Waals surface area contributed by atoms with Crippen LogP contribution in [0.25, 0.3) is 0 Å². The molecule has 0 aliphatic heterocycles. The second-order valence-electron chi connectivity index (χ2n) is 15.9. The molecule has 0 fully saturated rings. The lowest BCUT2D eigenvalue weighted by atomic mass is 10.0. The van der Waals surface area contributed by atoms with Gasteiger partial charge in [0.15, 0.2) is 12.2 Å². The van der Waals surface area contributed by atoms with Gasteiger partial charge in [-0.3, -0.25) is 18.6 Å². The Morgan fingerprint density at radius 2 is 0.900 bits per heavy atom. The summed E-state index contributed by atoms with van der Waals surface area (Å²) in [6.07, 6.45) is 27.8. The van der Waals surface area contributed by atoms with Crippen molar-refractivity contribution < 1.29 is 67.9 Å². The van der Waals surface area contributed by atoms with Crippen LogP contribution in [-0.2, 0) is 37.5 Å². The first-order valence-corrected chi connectivity index (χ1v) is 24.6. The van der Waals surface area contributed by atoms with E-state index in [1.54, 1.807) is 0 Å². The van der Waals surface area contributed by atoms with Gasteiger partial charge in [0.25, 0.3) is 0 Å². The van der Waals surface area contributed by atoms with Crippen LogP contribution in [-0.4, -0.2) is 98.7 Å². The van der Waals surface area contributed by atoms with Gasteiger partial charge in [-0.2, -0.15) is 0 Å². The van der Waals surface area contributed by atoms with Crippen LogP contribution < -0.4 is 0 Å². The summed E-state index contributed by atoms with van der Waals surface area (Å²) in [5.41, 5.74) is 0. The Bertz CT molecular complexity index is 1160. The predicted molar refractivity (Wildman–Crippen MR) is 233 cm³/mol. The Kier molecular flexibility index (Phi) is 38.2. The molecule has 0 aromatic carbocycles. The quantitative estimate of drug-likeness (QED) is 0.0145. The lowest BCUT2D eigenvalue weighted by Gasteiger charge is -2.25. The Balaban J connectivity index is 4.71. The highest BCUT2D eigenvalue weighted by molar-refractivity contribution is 7.47. The summed E-state index contributed by atoms with van der Waals surface area (Å²) >= 11 is 0. The van der Waals surface area contributed by atoms with E-state index >= 15 is 0 Å². The number of phosphoric acid groups is 1. The first-order valence-electron chi connectivity index (χ1n) is 23.1. The van der Waals surface area contributed by atoms with Crippen LogP contribution in [0.5, 0.6) is 0 Å². The summed E-state index contributed by atoms with van der Waals surface area (Å²) in [5, 5.41) is 47.8. The Morgan fingerprint density at radius 1 is 0.517 bits per heavy atom. The van der Waals surface area contributed by atoms with Crippen molar-refractivity contribution in [3.8, 4) is 0 Å². The van der Waals surface area contributed by atoms with E-state index in [0.717, 1.165) is 77.0 Å². The summed E-state index contributed by atoms with van der Waals surface area (Å²) in [7, 11) is -4.98. The number of carboxylic acid groups (broad SMARTS) is 1. The molecule has 15 heteroatoms.